The summed E-state index contributed by atoms with van der Waals surface area (Å²) in [6, 6.07) is 4.42. The standard InChI is InChI=1S/C16H23BrN4/c1-3-7-19-15(11-13-5-8-18-9-6-13)16-14(17)12-20-21(16)10-4-2/h5-6,8-9,12,15,19H,3-4,7,10-11H2,1-2H3. The molecule has 0 aliphatic rings. The maximum Gasteiger partial charge on any atom is 0.0699 e. The number of pyridine rings is 1. The van der Waals surface area contributed by atoms with Crippen molar-refractivity contribution in [3.8, 4) is 0 Å². The van der Waals surface area contributed by atoms with Crippen molar-refractivity contribution in [1.29, 1.82) is 0 Å². The minimum Gasteiger partial charge on any atom is -0.308 e. The average Bonchev–Trinajstić information content (AvgIpc) is 2.86. The summed E-state index contributed by atoms with van der Waals surface area (Å²) >= 11 is 3.66. The molecule has 114 valence electrons. The van der Waals surface area contributed by atoms with Gasteiger partial charge in [0.2, 0.25) is 0 Å². The topological polar surface area (TPSA) is 42.7 Å². The Kier molecular flexibility index (Phi) is 6.39. The van der Waals surface area contributed by atoms with Gasteiger partial charge in [-0.3, -0.25) is 9.67 Å². The number of nitrogens with zero attached hydrogens (tertiary/aromatic N) is 3. The van der Waals surface area contributed by atoms with E-state index < -0.39 is 0 Å². The molecule has 0 aliphatic carbocycles. The van der Waals surface area contributed by atoms with Crippen molar-refractivity contribution in [2.75, 3.05) is 6.54 Å². The molecule has 0 amide bonds. The van der Waals surface area contributed by atoms with Crippen LogP contribution in [0.1, 0.15) is 44.0 Å². The van der Waals surface area contributed by atoms with Crippen LogP contribution in [0.15, 0.2) is 35.2 Å². The molecule has 0 radical (unpaired) electrons. The van der Waals surface area contributed by atoms with Crippen molar-refractivity contribution in [3.05, 3.63) is 46.5 Å². The van der Waals surface area contributed by atoms with Crippen LogP contribution in [0.25, 0.3) is 0 Å². The van der Waals surface area contributed by atoms with Crippen molar-refractivity contribution in [3.63, 3.8) is 0 Å². The van der Waals surface area contributed by atoms with Crippen LogP contribution in [0.4, 0.5) is 0 Å². The maximum atomic E-state index is 4.49. The fourth-order valence-electron chi connectivity index (χ4n) is 2.45. The third-order valence-electron chi connectivity index (χ3n) is 3.43. The molecule has 0 fully saturated rings. The first kappa shape index (κ1) is 16.2. The normalized spacial score (nSPS) is 12.5. The molecule has 2 aromatic heterocycles. The van der Waals surface area contributed by atoms with Crippen LogP contribution in [-0.2, 0) is 13.0 Å². The molecule has 5 heteroatoms. The number of hydrogen-bond acceptors (Lipinski definition) is 3. The van der Waals surface area contributed by atoms with E-state index in [0.29, 0.717) is 0 Å². The van der Waals surface area contributed by atoms with E-state index in [4.69, 9.17) is 0 Å². The Bertz CT molecular complexity index is 538. The molecule has 2 rings (SSSR count). The highest BCUT2D eigenvalue weighted by Crippen LogP contribution is 2.26. The summed E-state index contributed by atoms with van der Waals surface area (Å²) in [5, 5.41) is 8.14. The largest absolute Gasteiger partial charge is 0.308 e. The maximum absolute atomic E-state index is 4.49. The molecule has 1 N–H and O–H groups in total. The summed E-state index contributed by atoms with van der Waals surface area (Å²) in [5.74, 6) is 0. The molecule has 2 aromatic rings. The Morgan fingerprint density at radius 3 is 2.67 bits per heavy atom. The van der Waals surface area contributed by atoms with Gasteiger partial charge in [-0.25, -0.2) is 0 Å². The fourth-order valence-corrected chi connectivity index (χ4v) is 3.02. The first-order chi connectivity index (χ1) is 10.3. The molecular formula is C16H23BrN4. The van der Waals surface area contributed by atoms with Gasteiger partial charge < -0.3 is 5.32 Å². The van der Waals surface area contributed by atoms with E-state index in [1.54, 1.807) is 0 Å². The Morgan fingerprint density at radius 1 is 1.24 bits per heavy atom. The predicted molar refractivity (Wildman–Crippen MR) is 89.2 cm³/mol. The smallest absolute Gasteiger partial charge is 0.0699 e. The minimum absolute atomic E-state index is 0.260. The number of hydrogen-bond donors (Lipinski definition) is 1. The third kappa shape index (κ3) is 4.38. The van der Waals surface area contributed by atoms with Crippen molar-refractivity contribution in [2.45, 2.75) is 45.7 Å². The number of aryl methyl sites for hydroxylation is 1. The van der Waals surface area contributed by atoms with Crippen LogP contribution in [0.5, 0.6) is 0 Å². The van der Waals surface area contributed by atoms with Gasteiger partial charge in [-0.2, -0.15) is 5.10 Å². The second-order valence-corrected chi connectivity index (χ2v) is 6.02. The van der Waals surface area contributed by atoms with Gasteiger partial charge in [-0.1, -0.05) is 13.8 Å². The van der Waals surface area contributed by atoms with Crippen molar-refractivity contribution in [1.82, 2.24) is 20.1 Å². The third-order valence-corrected chi connectivity index (χ3v) is 4.04. The quantitative estimate of drug-likeness (QED) is 0.788. The van der Waals surface area contributed by atoms with Crippen LogP contribution in [0.2, 0.25) is 0 Å². The molecule has 4 nitrogen and oxygen atoms in total. The fraction of sp³-hybridized carbons (Fsp3) is 0.500. The number of aromatic nitrogens is 3. The molecular weight excluding hydrogens is 328 g/mol. The predicted octanol–water partition coefficient (Wildman–Crippen LogP) is 3.73. The summed E-state index contributed by atoms with van der Waals surface area (Å²) in [6.07, 6.45) is 8.74. The van der Waals surface area contributed by atoms with Gasteiger partial charge in [0.15, 0.2) is 0 Å². The van der Waals surface area contributed by atoms with Gasteiger partial charge in [-0.05, 0) is 59.4 Å². The van der Waals surface area contributed by atoms with E-state index in [9.17, 15) is 0 Å². The number of nitrogens with one attached hydrogen (secondary N) is 1. The summed E-state index contributed by atoms with van der Waals surface area (Å²) in [7, 11) is 0. The zero-order valence-corrected chi connectivity index (χ0v) is 14.3. The van der Waals surface area contributed by atoms with E-state index in [1.807, 2.05) is 18.6 Å². The SMILES string of the molecule is CCCNC(Cc1ccncc1)c1c(Br)cnn1CCC. The molecule has 0 aliphatic heterocycles. The highest BCUT2D eigenvalue weighted by Gasteiger charge is 2.19. The van der Waals surface area contributed by atoms with Gasteiger partial charge in [-0.15, -0.1) is 0 Å². The van der Waals surface area contributed by atoms with Gasteiger partial charge >= 0.3 is 0 Å². The molecule has 1 unspecified atom stereocenters. The average molecular weight is 351 g/mol. The Labute approximate surface area is 135 Å². The highest BCUT2D eigenvalue weighted by molar-refractivity contribution is 9.10. The van der Waals surface area contributed by atoms with Crippen LogP contribution >= 0.6 is 15.9 Å². The molecule has 2 heterocycles. The summed E-state index contributed by atoms with van der Waals surface area (Å²) in [4.78, 5) is 4.09. The molecule has 0 aromatic carbocycles. The second kappa shape index (κ2) is 8.29. The first-order valence-electron chi connectivity index (χ1n) is 7.59. The van der Waals surface area contributed by atoms with Gasteiger partial charge in [0.25, 0.3) is 0 Å². The van der Waals surface area contributed by atoms with Gasteiger partial charge in [0.1, 0.15) is 0 Å². The molecule has 1 atom stereocenters. The van der Waals surface area contributed by atoms with E-state index in [1.165, 1.54) is 11.3 Å². The zero-order chi connectivity index (χ0) is 15.1. The first-order valence-corrected chi connectivity index (χ1v) is 8.39. The Balaban J connectivity index is 2.25. The van der Waals surface area contributed by atoms with Gasteiger partial charge in [0, 0.05) is 18.9 Å². The van der Waals surface area contributed by atoms with E-state index in [2.05, 4.69) is 62.0 Å². The summed E-state index contributed by atoms with van der Waals surface area (Å²) < 4.78 is 3.19. The van der Waals surface area contributed by atoms with E-state index >= 15 is 0 Å². The lowest BCUT2D eigenvalue weighted by molar-refractivity contribution is 0.467. The molecule has 0 bridgehead atoms. The van der Waals surface area contributed by atoms with Crippen molar-refractivity contribution in [2.24, 2.45) is 0 Å². The zero-order valence-electron chi connectivity index (χ0n) is 12.7. The summed E-state index contributed by atoms with van der Waals surface area (Å²) in [5.41, 5.74) is 2.52. The van der Waals surface area contributed by atoms with E-state index in [0.717, 1.165) is 36.8 Å². The van der Waals surface area contributed by atoms with Crippen LogP contribution < -0.4 is 5.32 Å². The lowest BCUT2D eigenvalue weighted by Crippen LogP contribution is -2.27. The second-order valence-electron chi connectivity index (χ2n) is 5.17. The van der Waals surface area contributed by atoms with Crippen LogP contribution in [0.3, 0.4) is 0 Å². The Hall–Kier alpha value is -1.20. The molecule has 0 spiro atoms. The lowest BCUT2D eigenvalue weighted by atomic mass is 10.0. The van der Waals surface area contributed by atoms with Crippen LogP contribution in [0, 0.1) is 0 Å². The van der Waals surface area contributed by atoms with Crippen molar-refractivity contribution >= 4 is 15.9 Å². The lowest BCUT2D eigenvalue weighted by Gasteiger charge is -2.21. The molecule has 0 saturated heterocycles. The van der Waals surface area contributed by atoms with Crippen molar-refractivity contribution < 1.29 is 0 Å². The number of halogens is 1. The van der Waals surface area contributed by atoms with E-state index in [-0.39, 0.29) is 6.04 Å². The monoisotopic (exact) mass is 350 g/mol. The number of rotatable bonds is 8. The molecule has 0 saturated carbocycles. The van der Waals surface area contributed by atoms with Gasteiger partial charge in [0.05, 0.1) is 22.4 Å². The highest BCUT2D eigenvalue weighted by atomic mass is 79.9. The molecule has 21 heavy (non-hydrogen) atoms. The Morgan fingerprint density at radius 2 is 2.00 bits per heavy atom. The van der Waals surface area contributed by atoms with Crippen LogP contribution in [-0.4, -0.2) is 21.3 Å². The minimum atomic E-state index is 0.260. The summed E-state index contributed by atoms with van der Waals surface area (Å²) in [6.45, 7) is 6.31.